The third-order valence-electron chi connectivity index (χ3n) is 2.97. The number of carbonyl (C=O) groups is 1. The number of unbranched alkanes of at least 4 members (excludes halogenated alkanes) is 1. The van der Waals surface area contributed by atoms with E-state index < -0.39 is 12.0 Å². The normalized spacial score (nSPS) is 12.3. The van der Waals surface area contributed by atoms with Crippen molar-refractivity contribution in [2.75, 3.05) is 5.32 Å². The summed E-state index contributed by atoms with van der Waals surface area (Å²) in [5.74, 6) is -0.839. The minimum Gasteiger partial charge on any atom is -0.480 e. The molecule has 0 aliphatic rings. The number of hydrogen-bond donors (Lipinski definition) is 2. The van der Waals surface area contributed by atoms with Crippen molar-refractivity contribution < 1.29 is 9.90 Å². The van der Waals surface area contributed by atoms with Crippen molar-refractivity contribution in [2.45, 2.75) is 32.2 Å². The van der Waals surface area contributed by atoms with Crippen LogP contribution >= 0.6 is 0 Å². The maximum absolute atomic E-state index is 11.2. The summed E-state index contributed by atoms with van der Waals surface area (Å²) in [7, 11) is 0. The molecule has 2 heterocycles. The smallest absolute Gasteiger partial charge is 0.326 e. The van der Waals surface area contributed by atoms with Crippen LogP contribution in [0.2, 0.25) is 0 Å². The van der Waals surface area contributed by atoms with Crippen LogP contribution in [-0.4, -0.2) is 27.1 Å². The van der Waals surface area contributed by atoms with Gasteiger partial charge < -0.3 is 10.4 Å². The molecule has 19 heavy (non-hydrogen) atoms. The Hall–Kier alpha value is -2.17. The van der Waals surface area contributed by atoms with E-state index in [0.717, 1.165) is 18.4 Å². The first kappa shape index (κ1) is 13.3. The fraction of sp³-hybridized carbons (Fsp3) is 0.357. The number of aliphatic carboxylic acids is 1. The minimum atomic E-state index is -0.839. The summed E-state index contributed by atoms with van der Waals surface area (Å²) in [6, 6.07) is 4.84. The molecule has 0 radical (unpaired) electrons. The number of carboxylic acid groups (broad SMARTS) is 1. The molecule has 0 fully saturated rings. The van der Waals surface area contributed by atoms with E-state index in [4.69, 9.17) is 0 Å². The van der Waals surface area contributed by atoms with E-state index in [1.165, 1.54) is 0 Å². The van der Waals surface area contributed by atoms with Crippen molar-refractivity contribution in [3.05, 3.63) is 30.6 Å². The second-order valence-electron chi connectivity index (χ2n) is 4.41. The third kappa shape index (κ3) is 3.19. The number of rotatable bonds is 6. The van der Waals surface area contributed by atoms with Gasteiger partial charge >= 0.3 is 5.97 Å². The van der Waals surface area contributed by atoms with Gasteiger partial charge in [-0.3, -0.25) is 9.97 Å². The van der Waals surface area contributed by atoms with Gasteiger partial charge in [-0.25, -0.2) is 4.79 Å². The Morgan fingerprint density at radius 3 is 2.95 bits per heavy atom. The molecule has 1 unspecified atom stereocenters. The summed E-state index contributed by atoms with van der Waals surface area (Å²) in [4.78, 5) is 19.7. The second-order valence-corrected chi connectivity index (χ2v) is 4.41. The van der Waals surface area contributed by atoms with Crippen LogP contribution < -0.4 is 5.32 Å². The highest BCUT2D eigenvalue weighted by Crippen LogP contribution is 2.20. The first-order valence-corrected chi connectivity index (χ1v) is 6.41. The Labute approximate surface area is 111 Å². The summed E-state index contributed by atoms with van der Waals surface area (Å²) < 4.78 is 0. The number of fused-ring (bicyclic) bond motifs is 1. The molecule has 0 saturated carbocycles. The molecule has 0 saturated heterocycles. The van der Waals surface area contributed by atoms with Crippen LogP contribution in [0.3, 0.4) is 0 Å². The van der Waals surface area contributed by atoms with Crippen molar-refractivity contribution in [2.24, 2.45) is 0 Å². The number of aromatic nitrogens is 2. The van der Waals surface area contributed by atoms with Crippen LogP contribution in [0.15, 0.2) is 30.6 Å². The number of hydrogen-bond acceptors (Lipinski definition) is 4. The fourth-order valence-electron chi connectivity index (χ4n) is 1.95. The zero-order valence-corrected chi connectivity index (χ0v) is 10.8. The average Bonchev–Trinajstić information content (AvgIpc) is 2.43. The Kier molecular flexibility index (Phi) is 4.28. The largest absolute Gasteiger partial charge is 0.480 e. The predicted molar refractivity (Wildman–Crippen MR) is 74.1 cm³/mol. The van der Waals surface area contributed by atoms with E-state index in [1.54, 1.807) is 18.5 Å². The van der Waals surface area contributed by atoms with Gasteiger partial charge in [0, 0.05) is 12.4 Å². The highest BCUT2D eigenvalue weighted by molar-refractivity contribution is 5.89. The van der Waals surface area contributed by atoms with Crippen molar-refractivity contribution in [1.82, 2.24) is 9.97 Å². The lowest BCUT2D eigenvalue weighted by Crippen LogP contribution is -2.29. The van der Waals surface area contributed by atoms with E-state index in [0.29, 0.717) is 17.6 Å². The predicted octanol–water partition coefficient (Wildman–Crippen LogP) is 2.69. The van der Waals surface area contributed by atoms with Crippen LogP contribution in [0.5, 0.6) is 0 Å². The highest BCUT2D eigenvalue weighted by atomic mass is 16.4. The lowest BCUT2D eigenvalue weighted by Gasteiger charge is -2.16. The number of anilines is 1. The standard InChI is InChI=1S/C14H17N3O2/c1-2-3-5-12(14(18)19)17-11-7-9-15-10-6-4-8-16-13(10)11/h4,6-9,12H,2-3,5H2,1H3,(H,15,17)(H,18,19). The Balaban J connectivity index is 2.26. The molecule has 2 rings (SSSR count). The third-order valence-corrected chi connectivity index (χ3v) is 2.97. The molecule has 1 atom stereocenters. The van der Waals surface area contributed by atoms with E-state index >= 15 is 0 Å². The monoisotopic (exact) mass is 259 g/mol. The topological polar surface area (TPSA) is 75.1 Å². The summed E-state index contributed by atoms with van der Waals surface area (Å²) >= 11 is 0. The first-order chi connectivity index (χ1) is 9.22. The first-order valence-electron chi connectivity index (χ1n) is 6.41. The van der Waals surface area contributed by atoms with Gasteiger partial charge in [0.05, 0.1) is 11.2 Å². The molecular weight excluding hydrogens is 242 g/mol. The van der Waals surface area contributed by atoms with Crippen molar-refractivity contribution in [1.29, 1.82) is 0 Å². The number of carboxylic acids is 1. The van der Waals surface area contributed by atoms with Crippen LogP contribution in [-0.2, 0) is 4.79 Å². The van der Waals surface area contributed by atoms with Gasteiger partial charge in [0.25, 0.3) is 0 Å². The molecule has 0 bridgehead atoms. The molecule has 100 valence electrons. The zero-order chi connectivity index (χ0) is 13.7. The van der Waals surface area contributed by atoms with Crippen LogP contribution in [0.4, 0.5) is 5.69 Å². The van der Waals surface area contributed by atoms with Crippen molar-refractivity contribution in [3.8, 4) is 0 Å². The lowest BCUT2D eigenvalue weighted by molar-refractivity contribution is -0.138. The van der Waals surface area contributed by atoms with Gasteiger partial charge in [-0.15, -0.1) is 0 Å². The van der Waals surface area contributed by atoms with E-state index in [2.05, 4.69) is 15.3 Å². The van der Waals surface area contributed by atoms with Gasteiger partial charge in [0.15, 0.2) is 0 Å². The lowest BCUT2D eigenvalue weighted by atomic mass is 10.1. The second kappa shape index (κ2) is 6.13. The molecule has 0 aliphatic carbocycles. The van der Waals surface area contributed by atoms with Gasteiger partial charge in [-0.1, -0.05) is 19.8 Å². The van der Waals surface area contributed by atoms with Gasteiger partial charge in [0.1, 0.15) is 11.6 Å². The molecule has 0 amide bonds. The van der Waals surface area contributed by atoms with E-state index in [-0.39, 0.29) is 0 Å². The Morgan fingerprint density at radius 1 is 1.37 bits per heavy atom. The zero-order valence-electron chi connectivity index (χ0n) is 10.8. The summed E-state index contributed by atoms with van der Waals surface area (Å²) in [6.45, 7) is 2.04. The summed E-state index contributed by atoms with van der Waals surface area (Å²) in [6.07, 6.45) is 5.78. The molecular formula is C14H17N3O2. The van der Waals surface area contributed by atoms with Crippen molar-refractivity contribution in [3.63, 3.8) is 0 Å². The molecule has 0 aromatic carbocycles. The van der Waals surface area contributed by atoms with Crippen LogP contribution in [0.25, 0.3) is 11.0 Å². The molecule has 5 heteroatoms. The van der Waals surface area contributed by atoms with E-state index in [1.807, 2.05) is 19.1 Å². The fourth-order valence-corrected chi connectivity index (χ4v) is 1.95. The molecule has 0 aliphatic heterocycles. The van der Waals surface area contributed by atoms with Gasteiger partial charge in [0.2, 0.25) is 0 Å². The summed E-state index contributed by atoms with van der Waals surface area (Å²) in [5, 5.41) is 12.3. The van der Waals surface area contributed by atoms with E-state index in [9.17, 15) is 9.90 Å². The average molecular weight is 259 g/mol. The number of nitrogens with one attached hydrogen (secondary N) is 1. The van der Waals surface area contributed by atoms with Crippen LogP contribution in [0, 0.1) is 0 Å². The SMILES string of the molecule is CCCCC(Nc1ccnc2cccnc12)C(=O)O. The molecule has 5 nitrogen and oxygen atoms in total. The number of pyridine rings is 2. The minimum absolute atomic E-state index is 0.590. The molecule has 2 N–H and O–H groups in total. The van der Waals surface area contributed by atoms with Crippen molar-refractivity contribution >= 4 is 22.7 Å². The quantitative estimate of drug-likeness (QED) is 0.834. The maximum Gasteiger partial charge on any atom is 0.326 e. The van der Waals surface area contributed by atoms with Crippen LogP contribution in [0.1, 0.15) is 26.2 Å². The highest BCUT2D eigenvalue weighted by Gasteiger charge is 2.17. The molecule has 0 spiro atoms. The Bertz CT molecular complexity index is 566. The molecule has 2 aromatic rings. The Morgan fingerprint density at radius 2 is 2.21 bits per heavy atom. The molecule has 2 aromatic heterocycles. The van der Waals surface area contributed by atoms with Gasteiger partial charge in [-0.05, 0) is 24.6 Å². The number of nitrogens with zero attached hydrogens (tertiary/aromatic N) is 2. The van der Waals surface area contributed by atoms with Gasteiger partial charge in [-0.2, -0.15) is 0 Å². The summed E-state index contributed by atoms with van der Waals surface area (Å²) in [5.41, 5.74) is 2.17. The maximum atomic E-state index is 11.2.